The van der Waals surface area contributed by atoms with Crippen molar-refractivity contribution in [3.63, 3.8) is 0 Å². The minimum atomic E-state index is -2.68. The monoisotopic (exact) mass is 465 g/mol. The Balaban J connectivity index is 1.40. The predicted octanol–water partition coefficient (Wildman–Crippen LogP) is 5.08. The highest BCUT2D eigenvalue weighted by Crippen LogP contribution is 2.59. The summed E-state index contributed by atoms with van der Waals surface area (Å²) in [5.74, 6) is 1.74. The van der Waals surface area contributed by atoms with Crippen molar-refractivity contribution >= 4 is 0 Å². The highest BCUT2D eigenvalue weighted by molar-refractivity contribution is 5.29. The summed E-state index contributed by atoms with van der Waals surface area (Å²) >= 11 is 0. The van der Waals surface area contributed by atoms with Gasteiger partial charge in [-0.25, -0.2) is 0 Å². The van der Waals surface area contributed by atoms with Crippen LogP contribution in [0.4, 0.5) is 8.78 Å². The van der Waals surface area contributed by atoms with Gasteiger partial charge in [0, 0.05) is 19.6 Å². The summed E-state index contributed by atoms with van der Waals surface area (Å²) in [7, 11) is 0. The molecule has 4 fully saturated rings. The highest BCUT2D eigenvalue weighted by atomic mass is 19.3. The number of aliphatic hydroxyl groups is 2. The van der Waals surface area contributed by atoms with Crippen LogP contribution >= 0.6 is 0 Å². The molecule has 4 rings (SSSR count). The first-order valence-corrected chi connectivity index (χ1v) is 12.8. The van der Waals surface area contributed by atoms with Crippen LogP contribution in [0, 0.1) is 23.2 Å². The van der Waals surface area contributed by atoms with Crippen LogP contribution in [0.3, 0.4) is 0 Å². The molecule has 1 saturated heterocycles. The molecule has 0 aromatic rings. The number of allylic oxidation sites excluding steroid dienone is 3. The van der Waals surface area contributed by atoms with Crippen molar-refractivity contribution in [2.75, 3.05) is 19.6 Å². The number of fused-ring (bicyclic) bond motifs is 1. The zero-order valence-electron chi connectivity index (χ0n) is 20.2. The Kier molecular flexibility index (Phi) is 7.79. The number of rotatable bonds is 6. The van der Waals surface area contributed by atoms with Gasteiger partial charge in [0.25, 0.3) is 0 Å². The van der Waals surface area contributed by atoms with E-state index in [4.69, 9.17) is 4.74 Å². The topological polar surface area (TPSA) is 52.9 Å². The third-order valence-electron chi connectivity index (χ3n) is 9.10. The van der Waals surface area contributed by atoms with Crippen molar-refractivity contribution in [1.29, 1.82) is 0 Å². The van der Waals surface area contributed by atoms with Crippen molar-refractivity contribution < 1.29 is 23.7 Å². The van der Waals surface area contributed by atoms with Crippen LogP contribution in [0.25, 0.3) is 0 Å². The lowest BCUT2D eigenvalue weighted by Crippen LogP contribution is -2.39. The van der Waals surface area contributed by atoms with Crippen LogP contribution in [0.5, 0.6) is 0 Å². The molecule has 7 atom stereocenters. The molecule has 0 spiro atoms. The van der Waals surface area contributed by atoms with E-state index in [1.807, 2.05) is 0 Å². The second kappa shape index (κ2) is 10.3. The summed E-state index contributed by atoms with van der Waals surface area (Å²) in [5.41, 5.74) is 3.42. The number of ether oxygens (including phenoxy) is 1. The number of alkyl halides is 2. The fraction of sp³-hybridized carbons (Fsp3) is 0.778. The van der Waals surface area contributed by atoms with Gasteiger partial charge in [0.05, 0.1) is 18.3 Å². The van der Waals surface area contributed by atoms with Crippen molar-refractivity contribution in [3.8, 4) is 0 Å². The zero-order valence-corrected chi connectivity index (χ0v) is 20.2. The van der Waals surface area contributed by atoms with Crippen LogP contribution in [-0.2, 0) is 4.74 Å². The van der Waals surface area contributed by atoms with Gasteiger partial charge in [-0.05, 0) is 80.1 Å². The van der Waals surface area contributed by atoms with Gasteiger partial charge < -0.3 is 19.8 Å². The Bertz CT molecular complexity index is 765. The number of likely N-dealkylation sites (tertiary alicyclic amines) is 1. The molecule has 4 aliphatic rings. The Labute approximate surface area is 197 Å². The van der Waals surface area contributed by atoms with E-state index in [0.717, 1.165) is 25.1 Å². The minimum absolute atomic E-state index is 0.278. The zero-order chi connectivity index (χ0) is 23.8. The van der Waals surface area contributed by atoms with Crippen LogP contribution in [0.1, 0.15) is 65.2 Å². The van der Waals surface area contributed by atoms with E-state index < -0.39 is 18.8 Å². The molecule has 1 aliphatic heterocycles. The van der Waals surface area contributed by atoms with E-state index in [2.05, 4.69) is 37.5 Å². The lowest BCUT2D eigenvalue weighted by atomic mass is 9.61. The van der Waals surface area contributed by atoms with Crippen molar-refractivity contribution in [3.05, 3.63) is 35.5 Å². The summed E-state index contributed by atoms with van der Waals surface area (Å²) in [6.45, 7) is 8.36. The van der Waals surface area contributed by atoms with Gasteiger partial charge in [-0.15, -0.1) is 0 Å². The van der Waals surface area contributed by atoms with E-state index in [1.165, 1.54) is 31.3 Å². The fourth-order valence-electron chi connectivity index (χ4n) is 7.39. The third-order valence-corrected chi connectivity index (χ3v) is 9.10. The molecule has 0 radical (unpaired) electrons. The standard InChI is InChI=1S/C27H41F2NO3/c1-17(15-30-12-10-21(16-30)33-26(28)29)22-8-9-23-20(5-4-11-27(22,23)3)7-6-19-13-24(31)18(2)25(32)14-19/h6-7,17,21-26,31-32H,2,4-5,8-16H2,1,3H3/b20-7+/t17?,21-,22-,23+,24-,25-,27-/m1/s1. The molecule has 0 bridgehead atoms. The second-order valence-electron chi connectivity index (χ2n) is 11.2. The molecule has 0 aromatic carbocycles. The Hall–Kier alpha value is -1.08. The number of hydrogen-bond donors (Lipinski definition) is 2. The molecule has 4 nitrogen and oxygen atoms in total. The summed E-state index contributed by atoms with van der Waals surface area (Å²) in [6, 6.07) is 0. The third kappa shape index (κ3) is 5.44. The molecule has 186 valence electrons. The average molecular weight is 466 g/mol. The molecular formula is C27H41F2NO3. The minimum Gasteiger partial charge on any atom is -0.388 e. The molecule has 3 saturated carbocycles. The Morgan fingerprint density at radius 3 is 2.61 bits per heavy atom. The van der Waals surface area contributed by atoms with Crippen LogP contribution in [0.2, 0.25) is 0 Å². The number of halogens is 2. The lowest BCUT2D eigenvalue weighted by Gasteiger charge is -2.45. The molecular weight excluding hydrogens is 424 g/mol. The Morgan fingerprint density at radius 2 is 1.91 bits per heavy atom. The maximum Gasteiger partial charge on any atom is 0.345 e. The van der Waals surface area contributed by atoms with Gasteiger partial charge in [0.15, 0.2) is 0 Å². The van der Waals surface area contributed by atoms with E-state index in [1.54, 1.807) is 0 Å². The molecule has 0 amide bonds. The predicted molar refractivity (Wildman–Crippen MR) is 126 cm³/mol. The van der Waals surface area contributed by atoms with Gasteiger partial charge in [-0.1, -0.05) is 43.7 Å². The molecule has 1 heterocycles. The van der Waals surface area contributed by atoms with Gasteiger partial charge in [-0.3, -0.25) is 0 Å². The maximum absolute atomic E-state index is 12.6. The van der Waals surface area contributed by atoms with Crippen molar-refractivity contribution in [2.45, 2.75) is 90.1 Å². The number of nitrogens with zero attached hydrogens (tertiary/aromatic N) is 1. The summed E-state index contributed by atoms with van der Waals surface area (Å²) in [5, 5.41) is 20.3. The first-order chi connectivity index (χ1) is 15.7. The van der Waals surface area contributed by atoms with Crippen LogP contribution in [0.15, 0.2) is 35.5 Å². The fourth-order valence-corrected chi connectivity index (χ4v) is 7.39. The van der Waals surface area contributed by atoms with Crippen LogP contribution < -0.4 is 0 Å². The summed E-state index contributed by atoms with van der Waals surface area (Å²) in [4.78, 5) is 2.31. The summed E-state index contributed by atoms with van der Waals surface area (Å²) in [6.07, 6.45) is 10.6. The van der Waals surface area contributed by atoms with Gasteiger partial charge in [0.1, 0.15) is 0 Å². The van der Waals surface area contributed by atoms with Crippen molar-refractivity contribution in [2.24, 2.45) is 23.2 Å². The molecule has 6 heteroatoms. The first-order valence-electron chi connectivity index (χ1n) is 12.8. The van der Waals surface area contributed by atoms with Gasteiger partial charge in [0.2, 0.25) is 0 Å². The van der Waals surface area contributed by atoms with Crippen molar-refractivity contribution in [1.82, 2.24) is 4.90 Å². The van der Waals surface area contributed by atoms with Crippen LogP contribution in [-0.4, -0.2) is 59.7 Å². The van der Waals surface area contributed by atoms with Gasteiger partial charge >= 0.3 is 6.61 Å². The first kappa shape index (κ1) is 25.0. The van der Waals surface area contributed by atoms with Gasteiger partial charge in [-0.2, -0.15) is 8.78 Å². The van der Waals surface area contributed by atoms with E-state index >= 15 is 0 Å². The maximum atomic E-state index is 12.6. The highest BCUT2D eigenvalue weighted by Gasteiger charge is 2.50. The number of hydrogen-bond acceptors (Lipinski definition) is 4. The normalized spacial score (nSPS) is 40.0. The van der Waals surface area contributed by atoms with E-state index in [9.17, 15) is 19.0 Å². The van der Waals surface area contributed by atoms with E-state index in [0.29, 0.717) is 49.1 Å². The average Bonchev–Trinajstić information content (AvgIpc) is 3.33. The molecule has 33 heavy (non-hydrogen) atoms. The lowest BCUT2D eigenvalue weighted by molar-refractivity contribution is -0.158. The second-order valence-corrected chi connectivity index (χ2v) is 11.2. The molecule has 1 unspecified atom stereocenters. The number of aliphatic hydroxyl groups excluding tert-OH is 2. The smallest absolute Gasteiger partial charge is 0.345 e. The largest absolute Gasteiger partial charge is 0.388 e. The molecule has 3 aliphatic carbocycles. The summed E-state index contributed by atoms with van der Waals surface area (Å²) < 4.78 is 29.8. The SMILES string of the molecule is C=C1[C@H](O)CC(=C/C=C2\CCC[C@]3(C)[C@@H](C(C)CN4CC[C@@H](OC(F)F)C4)CC[C@@H]23)C[C@H]1O. The quantitative estimate of drug-likeness (QED) is 0.538. The molecule has 0 aromatic heterocycles. The van der Waals surface area contributed by atoms with E-state index in [-0.39, 0.29) is 11.5 Å². The molecule has 2 N–H and O–H groups in total. The Morgan fingerprint density at radius 1 is 1.18 bits per heavy atom.